The molecule has 0 aliphatic carbocycles. The molecule has 2 aromatic carbocycles. The van der Waals surface area contributed by atoms with Crippen LogP contribution in [0.15, 0.2) is 54.2 Å². The van der Waals surface area contributed by atoms with Crippen LogP contribution in [0.25, 0.3) is 11.4 Å². The number of non-ortho nitro benzene ring substituents is 1. The Labute approximate surface area is 196 Å². The quantitative estimate of drug-likeness (QED) is 0.197. The molecule has 0 fully saturated rings. The molecule has 172 valence electrons. The predicted molar refractivity (Wildman–Crippen MR) is 127 cm³/mol. The van der Waals surface area contributed by atoms with E-state index in [0.29, 0.717) is 28.8 Å². The van der Waals surface area contributed by atoms with E-state index in [-0.39, 0.29) is 24.5 Å². The second-order valence-corrected chi connectivity index (χ2v) is 9.72. The van der Waals surface area contributed by atoms with E-state index in [9.17, 15) is 10.1 Å². The van der Waals surface area contributed by atoms with E-state index < -0.39 is 4.92 Å². The molecule has 0 bridgehead atoms. The Kier molecular flexibility index (Phi) is 6.53. The molecular formula is C24H26N4O4S. The van der Waals surface area contributed by atoms with Crippen molar-refractivity contribution in [3.8, 4) is 17.1 Å². The molecule has 1 aliphatic rings. The lowest BCUT2D eigenvalue weighted by Crippen LogP contribution is -2.13. The molecule has 0 atom stereocenters. The van der Waals surface area contributed by atoms with Gasteiger partial charge >= 0.3 is 0 Å². The monoisotopic (exact) mass is 466 g/mol. The lowest BCUT2D eigenvalue weighted by molar-refractivity contribution is -0.385. The first-order valence-corrected chi connectivity index (χ1v) is 11.5. The number of rotatable bonds is 7. The lowest BCUT2D eigenvalue weighted by Gasteiger charge is -2.20. The summed E-state index contributed by atoms with van der Waals surface area (Å²) in [5.41, 5.74) is 3.71. The van der Waals surface area contributed by atoms with Crippen molar-refractivity contribution in [1.82, 2.24) is 14.8 Å². The van der Waals surface area contributed by atoms with Crippen LogP contribution in [-0.4, -0.2) is 26.5 Å². The summed E-state index contributed by atoms with van der Waals surface area (Å²) in [6, 6.07) is 11.4. The Morgan fingerprint density at radius 3 is 2.67 bits per heavy atom. The number of hydrogen-bond donors (Lipinski definition) is 0. The van der Waals surface area contributed by atoms with Crippen LogP contribution in [0, 0.1) is 10.1 Å². The van der Waals surface area contributed by atoms with Crippen LogP contribution >= 0.6 is 11.8 Å². The molecule has 9 heteroatoms. The number of ether oxygens (including phenoxy) is 2. The third-order valence-corrected chi connectivity index (χ3v) is 6.39. The summed E-state index contributed by atoms with van der Waals surface area (Å²) in [4.78, 5) is 11.0. The summed E-state index contributed by atoms with van der Waals surface area (Å²) >= 11 is 1.45. The number of nitro benzene ring substituents is 1. The molecule has 0 saturated carbocycles. The molecular weight excluding hydrogens is 440 g/mol. The third-order valence-electron chi connectivity index (χ3n) is 5.38. The fraction of sp³-hybridized carbons (Fsp3) is 0.333. The minimum absolute atomic E-state index is 0.0191. The number of aromatic nitrogens is 3. The normalized spacial score (nSPS) is 13.3. The highest BCUT2D eigenvalue weighted by atomic mass is 32.2. The van der Waals surface area contributed by atoms with Crippen LogP contribution in [0.3, 0.4) is 0 Å². The maximum Gasteiger partial charge on any atom is 0.270 e. The number of benzene rings is 2. The van der Waals surface area contributed by atoms with Gasteiger partial charge in [-0.1, -0.05) is 62.9 Å². The summed E-state index contributed by atoms with van der Waals surface area (Å²) < 4.78 is 12.9. The molecule has 0 N–H and O–H groups in total. The van der Waals surface area contributed by atoms with Gasteiger partial charge in [-0.3, -0.25) is 14.7 Å². The molecule has 0 saturated heterocycles. The van der Waals surface area contributed by atoms with Crippen molar-refractivity contribution in [3.63, 3.8) is 0 Å². The first kappa shape index (κ1) is 23.0. The van der Waals surface area contributed by atoms with Gasteiger partial charge in [0.25, 0.3) is 5.69 Å². The second-order valence-electron chi connectivity index (χ2n) is 8.78. The van der Waals surface area contributed by atoms with Crippen molar-refractivity contribution in [2.75, 3.05) is 6.79 Å². The minimum Gasteiger partial charge on any atom is -0.467 e. The Morgan fingerprint density at radius 1 is 1.24 bits per heavy atom. The highest BCUT2D eigenvalue weighted by molar-refractivity contribution is 7.98. The fourth-order valence-electron chi connectivity index (χ4n) is 3.66. The molecule has 4 rings (SSSR count). The topological polar surface area (TPSA) is 92.3 Å². The van der Waals surface area contributed by atoms with Crippen molar-refractivity contribution in [3.05, 3.63) is 75.9 Å². The van der Waals surface area contributed by atoms with Crippen molar-refractivity contribution in [2.45, 2.75) is 50.2 Å². The average Bonchev–Trinajstić information content (AvgIpc) is 3.19. The van der Waals surface area contributed by atoms with Crippen LogP contribution in [0.5, 0.6) is 5.75 Å². The Balaban J connectivity index is 1.62. The maximum atomic E-state index is 11.4. The van der Waals surface area contributed by atoms with Crippen molar-refractivity contribution < 1.29 is 14.4 Å². The van der Waals surface area contributed by atoms with Gasteiger partial charge in [0.1, 0.15) is 5.75 Å². The van der Waals surface area contributed by atoms with Crippen LogP contribution in [-0.2, 0) is 29.1 Å². The zero-order chi connectivity index (χ0) is 23.6. The van der Waals surface area contributed by atoms with Gasteiger partial charge in [-0.25, -0.2) is 0 Å². The van der Waals surface area contributed by atoms with Crippen molar-refractivity contribution in [2.24, 2.45) is 0 Å². The van der Waals surface area contributed by atoms with Crippen LogP contribution < -0.4 is 4.74 Å². The summed E-state index contributed by atoms with van der Waals surface area (Å²) in [7, 11) is 0. The van der Waals surface area contributed by atoms with E-state index >= 15 is 0 Å². The first-order chi connectivity index (χ1) is 15.8. The van der Waals surface area contributed by atoms with Gasteiger partial charge in [-0.2, -0.15) is 0 Å². The minimum atomic E-state index is -0.400. The molecule has 0 spiro atoms. The SMILES string of the molecule is C=CCn1c(SCc2cc([N+](=O)[O-])cc3c2OCOC3)nnc1-c1ccc(C(C)(C)C)cc1. The molecule has 1 aromatic heterocycles. The largest absolute Gasteiger partial charge is 0.467 e. The summed E-state index contributed by atoms with van der Waals surface area (Å²) in [6.45, 7) is 11.4. The molecule has 0 amide bonds. The van der Waals surface area contributed by atoms with E-state index in [1.54, 1.807) is 12.1 Å². The van der Waals surface area contributed by atoms with Gasteiger partial charge in [0.15, 0.2) is 17.8 Å². The number of nitrogens with zero attached hydrogens (tertiary/aromatic N) is 4. The van der Waals surface area contributed by atoms with Crippen LogP contribution in [0.1, 0.15) is 37.5 Å². The van der Waals surface area contributed by atoms with Crippen molar-refractivity contribution >= 4 is 17.4 Å². The molecule has 8 nitrogen and oxygen atoms in total. The van der Waals surface area contributed by atoms with Crippen molar-refractivity contribution in [1.29, 1.82) is 0 Å². The highest BCUT2D eigenvalue weighted by Gasteiger charge is 2.22. The third kappa shape index (κ3) is 4.94. The Morgan fingerprint density at radius 2 is 2.00 bits per heavy atom. The number of nitro groups is 1. The smallest absolute Gasteiger partial charge is 0.270 e. The second kappa shape index (κ2) is 9.36. The van der Waals surface area contributed by atoms with Crippen LogP contribution in [0.2, 0.25) is 0 Å². The summed E-state index contributed by atoms with van der Waals surface area (Å²) in [5, 5.41) is 20.9. The Bertz CT molecular complexity index is 1180. The number of thioether (sulfide) groups is 1. The van der Waals surface area contributed by atoms with Gasteiger partial charge in [0, 0.05) is 41.1 Å². The summed E-state index contributed by atoms with van der Waals surface area (Å²) in [5.74, 6) is 1.85. The molecule has 0 unspecified atom stereocenters. The van der Waals surface area contributed by atoms with Gasteiger partial charge in [-0.05, 0) is 11.0 Å². The van der Waals surface area contributed by atoms with Gasteiger partial charge in [-0.15, -0.1) is 16.8 Å². The molecule has 33 heavy (non-hydrogen) atoms. The standard InChI is InChI=1S/C24H26N4O4S/c1-5-10-27-22(16-6-8-19(9-7-16)24(2,3)4)25-26-23(27)33-14-18-12-20(28(29)30)11-17-13-31-15-32-21(17)18/h5-9,11-12H,1,10,13-15H2,2-4H3. The fourth-order valence-corrected chi connectivity index (χ4v) is 4.57. The average molecular weight is 467 g/mol. The molecule has 1 aliphatic heterocycles. The maximum absolute atomic E-state index is 11.4. The zero-order valence-electron chi connectivity index (χ0n) is 18.9. The predicted octanol–water partition coefficient (Wildman–Crippen LogP) is 5.50. The number of fused-ring (bicyclic) bond motifs is 1. The highest BCUT2D eigenvalue weighted by Crippen LogP contribution is 2.36. The Hall–Kier alpha value is -3.17. The van der Waals surface area contributed by atoms with E-state index in [1.165, 1.54) is 23.4 Å². The van der Waals surface area contributed by atoms with E-state index in [0.717, 1.165) is 17.0 Å². The molecule has 0 radical (unpaired) electrons. The number of hydrogen-bond acceptors (Lipinski definition) is 7. The first-order valence-electron chi connectivity index (χ1n) is 10.6. The van der Waals surface area contributed by atoms with Gasteiger partial charge in [0.2, 0.25) is 0 Å². The van der Waals surface area contributed by atoms with Gasteiger partial charge in [0.05, 0.1) is 11.5 Å². The summed E-state index contributed by atoms with van der Waals surface area (Å²) in [6.07, 6.45) is 1.80. The van der Waals surface area contributed by atoms with Gasteiger partial charge < -0.3 is 9.47 Å². The zero-order valence-corrected chi connectivity index (χ0v) is 19.7. The molecule has 2 heterocycles. The van der Waals surface area contributed by atoms with E-state index in [4.69, 9.17) is 9.47 Å². The number of allylic oxidation sites excluding steroid dienone is 1. The van der Waals surface area contributed by atoms with E-state index in [2.05, 4.69) is 61.8 Å². The lowest BCUT2D eigenvalue weighted by atomic mass is 9.87. The van der Waals surface area contributed by atoms with Crippen LogP contribution in [0.4, 0.5) is 5.69 Å². The molecule has 3 aromatic rings. The van der Waals surface area contributed by atoms with E-state index in [1.807, 2.05) is 4.57 Å².